The number of aromatic nitrogens is 1. The molecule has 0 bridgehead atoms. The average molecular weight is 297 g/mol. The van der Waals surface area contributed by atoms with Crippen LogP contribution in [0.25, 0.3) is 0 Å². The number of anilines is 1. The molecule has 1 saturated carbocycles. The molecular formula is C14H14F3N3O. The molecule has 3 rings (SSSR count). The monoisotopic (exact) mass is 297 g/mol. The molecule has 0 aromatic carbocycles. The van der Waals surface area contributed by atoms with E-state index in [1.807, 2.05) is 6.07 Å². The van der Waals surface area contributed by atoms with E-state index in [0.29, 0.717) is 18.9 Å². The first-order valence-electron chi connectivity index (χ1n) is 6.85. The number of halogens is 3. The van der Waals surface area contributed by atoms with Gasteiger partial charge in [0.2, 0.25) is 0 Å². The first kappa shape index (κ1) is 14.1. The van der Waals surface area contributed by atoms with Crippen molar-refractivity contribution in [3.8, 4) is 6.07 Å². The summed E-state index contributed by atoms with van der Waals surface area (Å²) in [6.45, 7) is 0.583. The van der Waals surface area contributed by atoms with Crippen LogP contribution in [0.5, 0.6) is 0 Å². The molecule has 112 valence electrons. The Bertz CT molecular complexity index is 578. The summed E-state index contributed by atoms with van der Waals surface area (Å²) in [5.74, 6) is 0.467. The molecule has 7 heteroatoms. The van der Waals surface area contributed by atoms with Crippen molar-refractivity contribution in [1.82, 2.24) is 4.98 Å². The van der Waals surface area contributed by atoms with E-state index >= 15 is 0 Å². The van der Waals surface area contributed by atoms with Crippen LogP contribution < -0.4 is 5.32 Å². The molecule has 2 fully saturated rings. The molecule has 1 aromatic heterocycles. The van der Waals surface area contributed by atoms with E-state index in [9.17, 15) is 13.2 Å². The zero-order valence-electron chi connectivity index (χ0n) is 11.2. The van der Waals surface area contributed by atoms with Crippen molar-refractivity contribution >= 4 is 5.82 Å². The lowest BCUT2D eigenvalue weighted by Gasteiger charge is -2.21. The number of ether oxygens (including phenoxy) is 1. The highest BCUT2D eigenvalue weighted by Gasteiger charge is 2.41. The van der Waals surface area contributed by atoms with Gasteiger partial charge in [-0.15, -0.1) is 0 Å². The summed E-state index contributed by atoms with van der Waals surface area (Å²) in [5.41, 5.74) is -0.879. The Kier molecular flexibility index (Phi) is 3.49. The van der Waals surface area contributed by atoms with Gasteiger partial charge in [-0.2, -0.15) is 18.4 Å². The second-order valence-corrected chi connectivity index (χ2v) is 5.41. The number of rotatable bonds is 3. The molecule has 1 aromatic rings. The molecule has 1 aliphatic heterocycles. The normalized spacial score (nSPS) is 25.6. The zero-order valence-corrected chi connectivity index (χ0v) is 11.2. The minimum absolute atomic E-state index is 0.00604. The Balaban J connectivity index is 1.84. The molecule has 0 unspecified atom stereocenters. The molecule has 4 nitrogen and oxygen atoms in total. The maximum Gasteiger partial charge on any atom is 0.433 e. The lowest BCUT2D eigenvalue weighted by atomic mass is 10.1. The van der Waals surface area contributed by atoms with Gasteiger partial charge in [-0.25, -0.2) is 4.98 Å². The van der Waals surface area contributed by atoms with E-state index in [0.717, 1.165) is 25.0 Å². The number of nitriles is 1. The lowest BCUT2D eigenvalue weighted by Crippen LogP contribution is -2.32. The number of pyridine rings is 1. The lowest BCUT2D eigenvalue weighted by molar-refractivity contribution is -0.141. The minimum Gasteiger partial charge on any atom is -0.376 e. The van der Waals surface area contributed by atoms with Crippen LogP contribution in [0.2, 0.25) is 0 Å². The summed E-state index contributed by atoms with van der Waals surface area (Å²) in [6, 6.07) is 3.77. The third-order valence-electron chi connectivity index (χ3n) is 3.85. The van der Waals surface area contributed by atoms with Gasteiger partial charge in [0.1, 0.15) is 17.6 Å². The van der Waals surface area contributed by atoms with Crippen LogP contribution in [-0.4, -0.2) is 23.7 Å². The third-order valence-corrected chi connectivity index (χ3v) is 3.85. The largest absolute Gasteiger partial charge is 0.433 e. The first-order chi connectivity index (χ1) is 9.99. The average Bonchev–Trinajstić information content (AvgIpc) is 3.18. The van der Waals surface area contributed by atoms with Crippen LogP contribution in [0.3, 0.4) is 0 Å². The number of nitrogens with zero attached hydrogens (tertiary/aromatic N) is 2. The third kappa shape index (κ3) is 2.95. The van der Waals surface area contributed by atoms with Crippen molar-refractivity contribution in [1.29, 1.82) is 5.26 Å². The topological polar surface area (TPSA) is 57.9 Å². The molecule has 1 N–H and O–H groups in total. The number of alkyl halides is 3. The van der Waals surface area contributed by atoms with Gasteiger partial charge in [0.05, 0.1) is 17.7 Å². The predicted molar refractivity (Wildman–Crippen MR) is 68.4 cm³/mol. The molecule has 2 heterocycles. The van der Waals surface area contributed by atoms with Crippen LogP contribution in [-0.2, 0) is 10.9 Å². The molecule has 0 spiro atoms. The molecular weight excluding hydrogens is 283 g/mol. The van der Waals surface area contributed by atoms with Gasteiger partial charge in [-0.1, -0.05) is 0 Å². The SMILES string of the molecule is N#Cc1ccc(C(F)(F)F)nc1N[C@H]1CCO[C@H]1C1CC1. The second-order valence-electron chi connectivity index (χ2n) is 5.41. The van der Waals surface area contributed by atoms with Gasteiger partial charge in [-0.05, 0) is 37.3 Å². The first-order valence-corrected chi connectivity index (χ1v) is 6.85. The molecule has 2 aliphatic rings. The Morgan fingerprint density at radius 3 is 2.67 bits per heavy atom. The summed E-state index contributed by atoms with van der Waals surface area (Å²) in [7, 11) is 0. The van der Waals surface area contributed by atoms with Crippen molar-refractivity contribution in [2.45, 2.75) is 37.6 Å². The smallest absolute Gasteiger partial charge is 0.376 e. The van der Waals surface area contributed by atoms with Crippen LogP contribution >= 0.6 is 0 Å². The molecule has 21 heavy (non-hydrogen) atoms. The van der Waals surface area contributed by atoms with Crippen molar-refractivity contribution in [3.63, 3.8) is 0 Å². The summed E-state index contributed by atoms with van der Waals surface area (Å²) < 4.78 is 43.8. The number of hydrogen-bond acceptors (Lipinski definition) is 4. The maximum atomic E-state index is 12.7. The summed E-state index contributed by atoms with van der Waals surface area (Å²) in [6.07, 6.45) is -1.63. The quantitative estimate of drug-likeness (QED) is 0.932. The number of nitrogens with one attached hydrogen (secondary N) is 1. The van der Waals surface area contributed by atoms with Gasteiger partial charge >= 0.3 is 6.18 Å². The van der Waals surface area contributed by atoms with E-state index in [2.05, 4.69) is 10.3 Å². The van der Waals surface area contributed by atoms with Gasteiger partial charge in [0, 0.05) is 6.61 Å². The predicted octanol–water partition coefficient (Wildman–Crippen LogP) is 2.95. The van der Waals surface area contributed by atoms with Gasteiger partial charge in [-0.3, -0.25) is 0 Å². The highest BCUT2D eigenvalue weighted by atomic mass is 19.4. The van der Waals surface area contributed by atoms with Gasteiger partial charge in [0.15, 0.2) is 0 Å². The zero-order chi connectivity index (χ0) is 15.0. The molecule has 1 aliphatic carbocycles. The summed E-state index contributed by atoms with van der Waals surface area (Å²) in [4.78, 5) is 3.58. The van der Waals surface area contributed by atoms with E-state index < -0.39 is 11.9 Å². The molecule has 1 saturated heterocycles. The fourth-order valence-corrected chi connectivity index (χ4v) is 2.65. The van der Waals surface area contributed by atoms with E-state index in [1.165, 1.54) is 0 Å². The Hall–Kier alpha value is -1.81. The van der Waals surface area contributed by atoms with Crippen LogP contribution in [0.1, 0.15) is 30.5 Å². The molecule has 0 radical (unpaired) electrons. The van der Waals surface area contributed by atoms with Crippen molar-refractivity contribution in [2.24, 2.45) is 5.92 Å². The second kappa shape index (κ2) is 5.19. The van der Waals surface area contributed by atoms with E-state index in [1.54, 1.807) is 0 Å². The standard InChI is InChI=1S/C14H14F3N3O/c15-14(16,17)11-4-3-9(7-18)13(20-11)19-10-5-6-21-12(10)8-1-2-8/h3-4,8,10,12H,1-2,5-6H2,(H,19,20)/t10-,12-/m0/s1. The minimum atomic E-state index is -4.52. The van der Waals surface area contributed by atoms with Crippen LogP contribution in [0, 0.1) is 17.2 Å². The highest BCUT2D eigenvalue weighted by molar-refractivity contribution is 5.53. The Morgan fingerprint density at radius 2 is 2.05 bits per heavy atom. The van der Waals surface area contributed by atoms with Gasteiger partial charge < -0.3 is 10.1 Å². The fourth-order valence-electron chi connectivity index (χ4n) is 2.65. The van der Waals surface area contributed by atoms with Crippen LogP contribution in [0.15, 0.2) is 12.1 Å². The summed E-state index contributed by atoms with van der Waals surface area (Å²) in [5, 5.41) is 12.0. The van der Waals surface area contributed by atoms with E-state index in [4.69, 9.17) is 10.00 Å². The van der Waals surface area contributed by atoms with Crippen molar-refractivity contribution in [3.05, 3.63) is 23.4 Å². The highest BCUT2D eigenvalue weighted by Crippen LogP contribution is 2.40. The van der Waals surface area contributed by atoms with Crippen molar-refractivity contribution < 1.29 is 17.9 Å². The van der Waals surface area contributed by atoms with Gasteiger partial charge in [0.25, 0.3) is 0 Å². The Labute approximate surface area is 119 Å². The number of hydrogen-bond donors (Lipinski definition) is 1. The van der Waals surface area contributed by atoms with E-state index in [-0.39, 0.29) is 23.5 Å². The van der Waals surface area contributed by atoms with Crippen LogP contribution in [0.4, 0.5) is 19.0 Å². The maximum absolute atomic E-state index is 12.7. The van der Waals surface area contributed by atoms with Crippen molar-refractivity contribution in [2.75, 3.05) is 11.9 Å². The molecule has 2 atom stereocenters. The fraction of sp³-hybridized carbons (Fsp3) is 0.571. The Morgan fingerprint density at radius 1 is 1.29 bits per heavy atom. The summed E-state index contributed by atoms with van der Waals surface area (Å²) >= 11 is 0. The molecule has 0 amide bonds.